The predicted molar refractivity (Wildman–Crippen MR) is 61.3 cm³/mol. The lowest BCUT2D eigenvalue weighted by atomic mass is 10.3. The number of nitrogens with zero attached hydrogens (tertiary/aromatic N) is 2. The highest BCUT2D eigenvalue weighted by molar-refractivity contribution is 9.09. The summed E-state index contributed by atoms with van der Waals surface area (Å²) in [6.07, 6.45) is -1.51. The van der Waals surface area contributed by atoms with Gasteiger partial charge < -0.3 is 4.90 Å². The number of aromatic nitrogens is 1. The predicted octanol–water partition coefficient (Wildman–Crippen LogP) is 3.50. The molecule has 1 heterocycles. The van der Waals surface area contributed by atoms with E-state index in [0.29, 0.717) is 11.0 Å². The Morgan fingerprint density at radius 2 is 2.12 bits per heavy atom. The van der Waals surface area contributed by atoms with Crippen LogP contribution in [0.2, 0.25) is 5.02 Å². The largest absolute Gasteiger partial charge is 0.405 e. The topological polar surface area (TPSA) is 16.1 Å². The molecule has 0 aromatic carbocycles. The average molecular weight is 318 g/mol. The third-order valence-electron chi connectivity index (χ3n) is 1.82. The van der Waals surface area contributed by atoms with Gasteiger partial charge in [0.05, 0.1) is 10.7 Å². The van der Waals surface area contributed by atoms with E-state index in [1.807, 2.05) is 0 Å². The highest BCUT2D eigenvalue weighted by atomic mass is 79.9. The minimum absolute atomic E-state index is 0.215. The molecule has 2 nitrogen and oxygen atoms in total. The van der Waals surface area contributed by atoms with E-state index in [-0.39, 0.29) is 11.6 Å². The van der Waals surface area contributed by atoms with Crippen LogP contribution in [-0.2, 0) is 0 Å². The zero-order chi connectivity index (χ0) is 12.2. The van der Waals surface area contributed by atoms with Gasteiger partial charge in [-0.2, -0.15) is 13.2 Å². The summed E-state index contributed by atoms with van der Waals surface area (Å²) < 4.78 is 37.0. The van der Waals surface area contributed by atoms with E-state index in [1.165, 1.54) is 23.4 Å². The molecule has 0 aliphatic heterocycles. The fraction of sp³-hybridized carbons (Fsp3) is 0.444. The van der Waals surface area contributed by atoms with Crippen LogP contribution in [0.3, 0.4) is 0 Å². The Balaban J connectivity index is 2.89. The summed E-state index contributed by atoms with van der Waals surface area (Å²) >= 11 is 8.91. The van der Waals surface area contributed by atoms with Crippen molar-refractivity contribution < 1.29 is 13.2 Å². The number of hydrogen-bond acceptors (Lipinski definition) is 2. The summed E-state index contributed by atoms with van der Waals surface area (Å²) in [5, 5.41) is 0.648. The summed E-state index contributed by atoms with van der Waals surface area (Å²) in [7, 11) is 0. The number of hydrogen-bond donors (Lipinski definition) is 0. The highest BCUT2D eigenvalue weighted by Crippen LogP contribution is 2.27. The molecule has 0 saturated carbocycles. The number of halogens is 5. The van der Waals surface area contributed by atoms with Crippen LogP contribution in [-0.4, -0.2) is 29.6 Å². The lowest BCUT2D eigenvalue weighted by molar-refractivity contribution is -0.119. The van der Waals surface area contributed by atoms with E-state index in [2.05, 4.69) is 20.9 Å². The molecule has 1 aromatic heterocycles. The van der Waals surface area contributed by atoms with E-state index in [9.17, 15) is 13.2 Å². The number of pyridine rings is 1. The van der Waals surface area contributed by atoms with Crippen molar-refractivity contribution in [1.82, 2.24) is 4.98 Å². The molecule has 0 atom stereocenters. The van der Waals surface area contributed by atoms with Gasteiger partial charge in [0, 0.05) is 24.3 Å². The minimum Gasteiger partial charge on any atom is -0.360 e. The number of rotatable bonds is 4. The first-order chi connectivity index (χ1) is 7.44. The van der Waals surface area contributed by atoms with Crippen molar-refractivity contribution in [2.24, 2.45) is 0 Å². The maximum absolute atomic E-state index is 12.3. The van der Waals surface area contributed by atoms with Crippen LogP contribution >= 0.6 is 27.5 Å². The SMILES string of the molecule is FC(F)(F)CN(CCBr)c1ccncc1Cl. The Hall–Kier alpha value is -0.490. The second-order valence-corrected chi connectivity index (χ2v) is 4.25. The first-order valence-corrected chi connectivity index (χ1v) is 5.91. The van der Waals surface area contributed by atoms with Crippen LogP contribution < -0.4 is 4.90 Å². The Morgan fingerprint density at radius 3 is 2.62 bits per heavy atom. The minimum atomic E-state index is -4.26. The first-order valence-electron chi connectivity index (χ1n) is 4.41. The molecular formula is C9H9BrClF3N2. The van der Waals surface area contributed by atoms with Gasteiger partial charge in [0.1, 0.15) is 6.54 Å². The Morgan fingerprint density at radius 1 is 1.44 bits per heavy atom. The Kier molecular flexibility index (Phi) is 4.86. The normalized spacial score (nSPS) is 11.6. The van der Waals surface area contributed by atoms with Crippen molar-refractivity contribution in [2.45, 2.75) is 6.18 Å². The van der Waals surface area contributed by atoms with Crippen molar-refractivity contribution in [2.75, 3.05) is 23.3 Å². The van der Waals surface area contributed by atoms with Gasteiger partial charge in [-0.15, -0.1) is 0 Å². The molecule has 0 fully saturated rings. The molecule has 1 rings (SSSR count). The van der Waals surface area contributed by atoms with Crippen molar-refractivity contribution in [3.63, 3.8) is 0 Å². The molecule has 0 spiro atoms. The summed E-state index contributed by atoms with van der Waals surface area (Å²) in [4.78, 5) is 4.90. The van der Waals surface area contributed by atoms with E-state index in [4.69, 9.17) is 11.6 Å². The molecule has 0 bridgehead atoms. The van der Waals surface area contributed by atoms with Crippen LogP contribution in [0.4, 0.5) is 18.9 Å². The van der Waals surface area contributed by atoms with Gasteiger partial charge in [-0.1, -0.05) is 27.5 Å². The second-order valence-electron chi connectivity index (χ2n) is 3.05. The summed E-state index contributed by atoms with van der Waals surface area (Å²) in [5.74, 6) is 0. The monoisotopic (exact) mass is 316 g/mol. The fourth-order valence-corrected chi connectivity index (χ4v) is 1.89. The van der Waals surface area contributed by atoms with Crippen molar-refractivity contribution in [1.29, 1.82) is 0 Å². The summed E-state index contributed by atoms with van der Waals surface area (Å²) in [5.41, 5.74) is 0.341. The molecular weight excluding hydrogens is 308 g/mol. The molecule has 0 aliphatic rings. The van der Waals surface area contributed by atoms with Gasteiger partial charge in [-0.05, 0) is 6.07 Å². The quantitative estimate of drug-likeness (QED) is 0.790. The molecule has 0 saturated heterocycles. The van der Waals surface area contributed by atoms with E-state index in [0.717, 1.165) is 0 Å². The van der Waals surface area contributed by atoms with Gasteiger partial charge in [-0.3, -0.25) is 4.98 Å². The maximum atomic E-state index is 12.3. The Bertz CT molecular complexity index is 346. The van der Waals surface area contributed by atoms with E-state index >= 15 is 0 Å². The highest BCUT2D eigenvalue weighted by Gasteiger charge is 2.31. The summed E-state index contributed by atoms with van der Waals surface area (Å²) in [6, 6.07) is 1.47. The van der Waals surface area contributed by atoms with Crippen molar-refractivity contribution in [3.8, 4) is 0 Å². The molecule has 1 aromatic rings. The average Bonchev–Trinajstić information content (AvgIpc) is 2.16. The van der Waals surface area contributed by atoms with E-state index in [1.54, 1.807) is 0 Å². The van der Waals surface area contributed by atoms with Crippen LogP contribution in [0.15, 0.2) is 18.5 Å². The molecule has 0 radical (unpaired) electrons. The lowest BCUT2D eigenvalue weighted by Crippen LogP contribution is -2.35. The van der Waals surface area contributed by atoms with Gasteiger partial charge in [0.25, 0.3) is 0 Å². The first kappa shape index (κ1) is 13.6. The zero-order valence-electron chi connectivity index (χ0n) is 8.14. The number of alkyl halides is 4. The third kappa shape index (κ3) is 4.17. The molecule has 0 unspecified atom stereocenters. The molecule has 0 N–H and O–H groups in total. The van der Waals surface area contributed by atoms with Gasteiger partial charge in [0.15, 0.2) is 0 Å². The smallest absolute Gasteiger partial charge is 0.360 e. The van der Waals surface area contributed by atoms with Gasteiger partial charge in [-0.25, -0.2) is 0 Å². The molecule has 0 aliphatic carbocycles. The van der Waals surface area contributed by atoms with Crippen LogP contribution in [0, 0.1) is 0 Å². The molecule has 16 heavy (non-hydrogen) atoms. The lowest BCUT2D eigenvalue weighted by Gasteiger charge is -2.25. The second kappa shape index (κ2) is 5.72. The molecule has 90 valence electrons. The number of anilines is 1. The zero-order valence-corrected chi connectivity index (χ0v) is 10.5. The fourth-order valence-electron chi connectivity index (χ4n) is 1.23. The van der Waals surface area contributed by atoms with Gasteiger partial charge in [0.2, 0.25) is 0 Å². The van der Waals surface area contributed by atoms with Crippen LogP contribution in [0.25, 0.3) is 0 Å². The molecule has 7 heteroatoms. The summed E-state index contributed by atoms with van der Waals surface area (Å²) in [6.45, 7) is -0.800. The van der Waals surface area contributed by atoms with Crippen LogP contribution in [0.1, 0.15) is 0 Å². The Labute approximate surface area is 105 Å². The van der Waals surface area contributed by atoms with Crippen molar-refractivity contribution in [3.05, 3.63) is 23.5 Å². The third-order valence-corrected chi connectivity index (χ3v) is 2.46. The maximum Gasteiger partial charge on any atom is 0.405 e. The van der Waals surface area contributed by atoms with Gasteiger partial charge >= 0.3 is 6.18 Å². The molecule has 0 amide bonds. The van der Waals surface area contributed by atoms with E-state index < -0.39 is 12.7 Å². The van der Waals surface area contributed by atoms with Crippen molar-refractivity contribution >= 4 is 33.2 Å². The standard InChI is InChI=1S/C9H9BrClF3N2/c10-2-4-16(6-9(12,13)14)8-1-3-15-5-7(8)11/h1,3,5H,2,4,6H2. The van der Waals surface area contributed by atoms with Crippen LogP contribution in [0.5, 0.6) is 0 Å².